The summed E-state index contributed by atoms with van der Waals surface area (Å²) in [6, 6.07) is 12.3. The molecule has 1 aliphatic rings. The van der Waals surface area contributed by atoms with Crippen molar-refractivity contribution in [1.82, 2.24) is 10.3 Å². The summed E-state index contributed by atoms with van der Waals surface area (Å²) in [6.45, 7) is 6.29. The van der Waals surface area contributed by atoms with Crippen molar-refractivity contribution in [3.63, 3.8) is 0 Å². The highest BCUT2D eigenvalue weighted by Crippen LogP contribution is 2.22. The summed E-state index contributed by atoms with van der Waals surface area (Å²) in [5, 5.41) is 6.29. The molecule has 1 fully saturated rings. The standard InChI is InChI=1S/C19H24N4O/c1-3-23(4-2)17-9-7-14(8-10-17)21-16-11-12-20-18(13-16)19(24)22-15-5-6-15/h7-13,15H,3-6H2,1-2H3,(H,20,21)(H,22,24). The van der Waals surface area contributed by atoms with Gasteiger partial charge in [0, 0.05) is 42.4 Å². The zero-order valence-electron chi connectivity index (χ0n) is 14.2. The first-order valence-corrected chi connectivity index (χ1v) is 8.58. The molecule has 5 heteroatoms. The van der Waals surface area contributed by atoms with Crippen LogP contribution in [0.4, 0.5) is 17.1 Å². The third-order valence-electron chi connectivity index (χ3n) is 4.19. The molecule has 1 aliphatic carbocycles. The summed E-state index contributed by atoms with van der Waals surface area (Å²) >= 11 is 0. The zero-order chi connectivity index (χ0) is 16.9. The van der Waals surface area contributed by atoms with Gasteiger partial charge in [-0.3, -0.25) is 9.78 Å². The van der Waals surface area contributed by atoms with Crippen LogP contribution >= 0.6 is 0 Å². The Morgan fingerprint density at radius 1 is 1.12 bits per heavy atom. The molecule has 126 valence electrons. The van der Waals surface area contributed by atoms with Crippen molar-refractivity contribution in [2.75, 3.05) is 23.3 Å². The number of benzene rings is 1. The van der Waals surface area contributed by atoms with Gasteiger partial charge >= 0.3 is 0 Å². The topological polar surface area (TPSA) is 57.3 Å². The lowest BCUT2D eigenvalue weighted by Crippen LogP contribution is -2.26. The van der Waals surface area contributed by atoms with Gasteiger partial charge in [-0.15, -0.1) is 0 Å². The maximum absolute atomic E-state index is 12.1. The molecule has 1 aromatic carbocycles. The maximum Gasteiger partial charge on any atom is 0.270 e. The van der Waals surface area contributed by atoms with Gasteiger partial charge in [-0.25, -0.2) is 0 Å². The van der Waals surface area contributed by atoms with Gasteiger partial charge in [-0.2, -0.15) is 0 Å². The smallest absolute Gasteiger partial charge is 0.270 e. The number of carbonyl (C=O) groups is 1. The molecule has 0 saturated heterocycles. The van der Waals surface area contributed by atoms with Crippen LogP contribution in [0.3, 0.4) is 0 Å². The van der Waals surface area contributed by atoms with Crippen molar-refractivity contribution in [2.24, 2.45) is 0 Å². The highest BCUT2D eigenvalue weighted by Gasteiger charge is 2.24. The van der Waals surface area contributed by atoms with E-state index in [0.717, 1.165) is 37.3 Å². The summed E-state index contributed by atoms with van der Waals surface area (Å²) < 4.78 is 0. The largest absolute Gasteiger partial charge is 0.372 e. The minimum Gasteiger partial charge on any atom is -0.372 e. The molecule has 3 rings (SSSR count). The first-order valence-electron chi connectivity index (χ1n) is 8.58. The van der Waals surface area contributed by atoms with Crippen LogP contribution in [0, 0.1) is 0 Å². The van der Waals surface area contributed by atoms with Crippen molar-refractivity contribution in [2.45, 2.75) is 32.7 Å². The fourth-order valence-corrected chi connectivity index (χ4v) is 2.63. The van der Waals surface area contributed by atoms with Gasteiger partial charge in [-0.1, -0.05) is 0 Å². The van der Waals surface area contributed by atoms with Crippen molar-refractivity contribution in [3.8, 4) is 0 Å². The molecule has 0 unspecified atom stereocenters. The Hall–Kier alpha value is -2.56. The number of anilines is 3. The lowest BCUT2D eigenvalue weighted by Gasteiger charge is -2.21. The van der Waals surface area contributed by atoms with Gasteiger partial charge in [0.1, 0.15) is 5.69 Å². The number of nitrogens with one attached hydrogen (secondary N) is 2. The summed E-state index contributed by atoms with van der Waals surface area (Å²) in [5.74, 6) is -0.0990. The van der Waals surface area contributed by atoms with E-state index in [1.165, 1.54) is 5.69 Å². The van der Waals surface area contributed by atoms with Crippen molar-refractivity contribution in [1.29, 1.82) is 0 Å². The van der Waals surface area contributed by atoms with Crippen LogP contribution in [-0.2, 0) is 0 Å². The van der Waals surface area contributed by atoms with Crippen LogP contribution in [0.2, 0.25) is 0 Å². The SMILES string of the molecule is CCN(CC)c1ccc(Nc2ccnc(C(=O)NC3CC3)c2)cc1. The van der Waals surface area contributed by atoms with Crippen LogP contribution in [0.15, 0.2) is 42.6 Å². The zero-order valence-corrected chi connectivity index (χ0v) is 14.2. The molecule has 2 N–H and O–H groups in total. The second-order valence-corrected chi connectivity index (χ2v) is 6.02. The fraction of sp³-hybridized carbons (Fsp3) is 0.368. The third-order valence-corrected chi connectivity index (χ3v) is 4.19. The molecule has 1 saturated carbocycles. The summed E-state index contributed by atoms with van der Waals surface area (Å²) in [4.78, 5) is 18.5. The van der Waals surface area contributed by atoms with E-state index >= 15 is 0 Å². The van der Waals surface area contributed by atoms with Crippen molar-refractivity contribution in [3.05, 3.63) is 48.3 Å². The van der Waals surface area contributed by atoms with Crippen LogP contribution in [0.25, 0.3) is 0 Å². The first kappa shape index (κ1) is 16.3. The quantitative estimate of drug-likeness (QED) is 0.817. The van der Waals surface area contributed by atoms with E-state index in [1.807, 2.05) is 6.07 Å². The van der Waals surface area contributed by atoms with Crippen LogP contribution in [-0.4, -0.2) is 30.0 Å². The van der Waals surface area contributed by atoms with Gasteiger partial charge in [0.05, 0.1) is 0 Å². The Kier molecular flexibility index (Phi) is 4.99. The monoisotopic (exact) mass is 324 g/mol. The maximum atomic E-state index is 12.1. The number of rotatable bonds is 7. The number of hydrogen-bond donors (Lipinski definition) is 2. The molecule has 0 aliphatic heterocycles. The molecule has 24 heavy (non-hydrogen) atoms. The molecule has 0 radical (unpaired) electrons. The van der Waals surface area contributed by atoms with E-state index < -0.39 is 0 Å². The van der Waals surface area contributed by atoms with Crippen LogP contribution < -0.4 is 15.5 Å². The number of amides is 1. The van der Waals surface area contributed by atoms with E-state index in [-0.39, 0.29) is 5.91 Å². The molecule has 0 spiro atoms. The molecule has 1 heterocycles. The number of pyridine rings is 1. The van der Waals surface area contributed by atoms with Gasteiger partial charge in [0.2, 0.25) is 0 Å². The fourth-order valence-electron chi connectivity index (χ4n) is 2.63. The van der Waals surface area contributed by atoms with Gasteiger partial charge in [0.15, 0.2) is 0 Å². The minimum atomic E-state index is -0.0990. The molecule has 5 nitrogen and oxygen atoms in total. The predicted molar refractivity (Wildman–Crippen MR) is 98.0 cm³/mol. The lowest BCUT2D eigenvalue weighted by molar-refractivity contribution is 0.0946. The van der Waals surface area contributed by atoms with E-state index in [1.54, 1.807) is 12.3 Å². The number of hydrogen-bond acceptors (Lipinski definition) is 4. The Morgan fingerprint density at radius 2 is 1.83 bits per heavy atom. The normalized spacial score (nSPS) is 13.4. The van der Waals surface area contributed by atoms with Crippen molar-refractivity contribution >= 4 is 23.0 Å². The first-order chi connectivity index (χ1) is 11.7. The molecule has 0 atom stereocenters. The highest BCUT2D eigenvalue weighted by molar-refractivity contribution is 5.93. The molecular formula is C19H24N4O. The van der Waals surface area contributed by atoms with E-state index in [0.29, 0.717) is 11.7 Å². The van der Waals surface area contributed by atoms with E-state index in [9.17, 15) is 4.79 Å². The summed E-state index contributed by atoms with van der Waals surface area (Å²) in [5.41, 5.74) is 3.52. The second-order valence-electron chi connectivity index (χ2n) is 6.02. The third kappa shape index (κ3) is 4.04. The van der Waals surface area contributed by atoms with Gasteiger partial charge in [0.25, 0.3) is 5.91 Å². The number of carbonyl (C=O) groups excluding carboxylic acids is 1. The number of nitrogens with zero attached hydrogens (tertiary/aromatic N) is 2. The molecule has 1 amide bonds. The lowest BCUT2D eigenvalue weighted by atomic mass is 10.2. The predicted octanol–water partition coefficient (Wildman–Crippen LogP) is 3.56. The Morgan fingerprint density at radius 3 is 2.46 bits per heavy atom. The van der Waals surface area contributed by atoms with Gasteiger partial charge < -0.3 is 15.5 Å². The summed E-state index contributed by atoms with van der Waals surface area (Å²) in [6.07, 6.45) is 3.81. The van der Waals surface area contributed by atoms with E-state index in [2.05, 4.69) is 58.6 Å². The summed E-state index contributed by atoms with van der Waals surface area (Å²) in [7, 11) is 0. The average Bonchev–Trinajstić information content (AvgIpc) is 3.42. The average molecular weight is 324 g/mol. The van der Waals surface area contributed by atoms with Crippen LogP contribution in [0.5, 0.6) is 0 Å². The minimum absolute atomic E-state index is 0.0990. The van der Waals surface area contributed by atoms with Crippen LogP contribution in [0.1, 0.15) is 37.2 Å². The second kappa shape index (κ2) is 7.34. The Balaban J connectivity index is 1.68. The van der Waals surface area contributed by atoms with Gasteiger partial charge in [-0.05, 0) is 63.1 Å². The van der Waals surface area contributed by atoms with Crippen molar-refractivity contribution < 1.29 is 4.79 Å². The molecule has 0 bridgehead atoms. The number of aromatic nitrogens is 1. The van der Waals surface area contributed by atoms with E-state index in [4.69, 9.17) is 0 Å². The molecular weight excluding hydrogens is 300 g/mol. The Bertz CT molecular complexity index is 691. The molecule has 2 aromatic rings. The molecule has 1 aromatic heterocycles. The Labute approximate surface area is 143 Å². The highest BCUT2D eigenvalue weighted by atomic mass is 16.2.